The van der Waals surface area contributed by atoms with Crippen LogP contribution in [0.1, 0.15) is 51.5 Å². The topological polar surface area (TPSA) is 104 Å². The van der Waals surface area contributed by atoms with Crippen molar-refractivity contribution in [3.63, 3.8) is 0 Å². The van der Waals surface area contributed by atoms with E-state index in [9.17, 15) is 18.0 Å². The number of piperidine rings is 1. The molecule has 1 aliphatic heterocycles. The fourth-order valence-corrected chi connectivity index (χ4v) is 6.84. The summed E-state index contributed by atoms with van der Waals surface area (Å²) in [6.45, 7) is 5.65. The standard InChI is InChI=1S/C33H43N3O4S/c1-24(2)22-31(36-32(37)27-16-19-34-20-17-27)33(38)35-29(14-12-25-8-4-3-5-9-25)18-21-41(39,40)30-15-13-26-10-6-7-11-28(26)23-30/h3-11,13,15,23-24,27,29,31,34H,12,14,16-22H2,1-2H3,(H,35,38)(H,36,37). The number of aryl methyl sites for hydroxylation is 1. The Labute approximate surface area is 244 Å². The van der Waals surface area contributed by atoms with E-state index in [0.717, 1.165) is 42.3 Å². The number of carbonyl (C=O) groups excluding carboxylic acids is 2. The van der Waals surface area contributed by atoms with Gasteiger partial charge in [0.05, 0.1) is 10.6 Å². The highest BCUT2D eigenvalue weighted by Gasteiger charge is 2.29. The van der Waals surface area contributed by atoms with Crippen LogP contribution in [0.15, 0.2) is 77.7 Å². The summed E-state index contributed by atoms with van der Waals surface area (Å²) in [4.78, 5) is 26.9. The van der Waals surface area contributed by atoms with Crippen LogP contribution in [0.3, 0.4) is 0 Å². The summed E-state index contributed by atoms with van der Waals surface area (Å²) in [6.07, 6.45) is 3.62. The number of carbonyl (C=O) groups is 2. The molecule has 0 bridgehead atoms. The molecular formula is C33H43N3O4S. The third-order valence-corrected chi connectivity index (χ3v) is 9.58. The molecule has 0 saturated carbocycles. The summed E-state index contributed by atoms with van der Waals surface area (Å²) in [5.41, 5.74) is 1.13. The van der Waals surface area contributed by atoms with E-state index in [1.807, 2.05) is 74.5 Å². The van der Waals surface area contributed by atoms with Gasteiger partial charge in [-0.05, 0) is 86.0 Å². The lowest BCUT2D eigenvalue weighted by Gasteiger charge is -2.27. The van der Waals surface area contributed by atoms with Crippen LogP contribution in [0.4, 0.5) is 0 Å². The van der Waals surface area contributed by atoms with Crippen molar-refractivity contribution in [2.75, 3.05) is 18.8 Å². The number of benzene rings is 3. The second kappa shape index (κ2) is 14.6. The Balaban J connectivity index is 1.47. The predicted octanol–water partition coefficient (Wildman–Crippen LogP) is 4.65. The van der Waals surface area contributed by atoms with Crippen molar-refractivity contribution in [1.82, 2.24) is 16.0 Å². The van der Waals surface area contributed by atoms with Gasteiger partial charge < -0.3 is 16.0 Å². The zero-order chi connectivity index (χ0) is 29.2. The summed E-state index contributed by atoms with van der Waals surface area (Å²) in [5, 5.41) is 11.3. The van der Waals surface area contributed by atoms with Crippen LogP contribution < -0.4 is 16.0 Å². The van der Waals surface area contributed by atoms with Gasteiger partial charge in [-0.3, -0.25) is 9.59 Å². The smallest absolute Gasteiger partial charge is 0.242 e. The minimum absolute atomic E-state index is 0.0768. The van der Waals surface area contributed by atoms with E-state index in [2.05, 4.69) is 16.0 Å². The number of hydrogen-bond acceptors (Lipinski definition) is 5. The zero-order valence-corrected chi connectivity index (χ0v) is 25.0. The van der Waals surface area contributed by atoms with E-state index >= 15 is 0 Å². The molecule has 0 aromatic heterocycles. The van der Waals surface area contributed by atoms with E-state index in [-0.39, 0.29) is 46.8 Å². The van der Waals surface area contributed by atoms with Gasteiger partial charge in [0.15, 0.2) is 9.84 Å². The van der Waals surface area contributed by atoms with Crippen LogP contribution in [0.25, 0.3) is 10.8 Å². The molecule has 7 nitrogen and oxygen atoms in total. The number of amides is 2. The van der Waals surface area contributed by atoms with Gasteiger partial charge in [-0.15, -0.1) is 0 Å². The van der Waals surface area contributed by atoms with Crippen molar-refractivity contribution >= 4 is 32.4 Å². The van der Waals surface area contributed by atoms with Crippen LogP contribution in [-0.4, -0.2) is 51.2 Å². The summed E-state index contributed by atoms with van der Waals surface area (Å²) in [5.74, 6) is -0.301. The third kappa shape index (κ3) is 9.13. The molecule has 1 fully saturated rings. The Bertz CT molecular complexity index is 1400. The Morgan fingerprint density at radius 2 is 1.56 bits per heavy atom. The maximum absolute atomic E-state index is 13.6. The molecule has 1 saturated heterocycles. The van der Waals surface area contributed by atoms with Gasteiger partial charge >= 0.3 is 0 Å². The van der Waals surface area contributed by atoms with Gasteiger partial charge in [0.25, 0.3) is 0 Å². The number of rotatable bonds is 13. The van der Waals surface area contributed by atoms with E-state index in [1.54, 1.807) is 12.1 Å². The van der Waals surface area contributed by atoms with Gasteiger partial charge in [0, 0.05) is 12.0 Å². The maximum atomic E-state index is 13.6. The Morgan fingerprint density at radius 1 is 0.878 bits per heavy atom. The Hall–Kier alpha value is -3.23. The first-order chi connectivity index (χ1) is 19.7. The molecule has 4 rings (SSSR count). The third-order valence-electron chi connectivity index (χ3n) is 7.84. The van der Waals surface area contributed by atoms with Crippen molar-refractivity contribution < 1.29 is 18.0 Å². The number of hydrogen-bond donors (Lipinski definition) is 3. The van der Waals surface area contributed by atoms with Crippen LogP contribution in [0, 0.1) is 11.8 Å². The van der Waals surface area contributed by atoms with Gasteiger partial charge in [0.1, 0.15) is 6.04 Å². The molecule has 2 unspecified atom stereocenters. The van der Waals surface area contributed by atoms with Gasteiger partial charge in [-0.25, -0.2) is 8.42 Å². The molecule has 3 aromatic rings. The molecule has 8 heteroatoms. The first-order valence-electron chi connectivity index (χ1n) is 14.8. The fraction of sp³-hybridized carbons (Fsp3) is 0.455. The van der Waals surface area contributed by atoms with E-state index in [4.69, 9.17) is 0 Å². The first kappa shape index (κ1) is 30.7. The molecule has 3 aromatic carbocycles. The lowest BCUT2D eigenvalue weighted by atomic mass is 9.95. The summed E-state index contributed by atoms with van der Waals surface area (Å²) < 4.78 is 26.7. The molecule has 3 N–H and O–H groups in total. The molecule has 220 valence electrons. The normalized spacial score (nSPS) is 15.9. The quantitative estimate of drug-likeness (QED) is 0.274. The molecule has 41 heavy (non-hydrogen) atoms. The van der Waals surface area contributed by atoms with E-state index in [1.165, 1.54) is 0 Å². The van der Waals surface area contributed by atoms with Crippen molar-refractivity contribution in [3.8, 4) is 0 Å². The fourth-order valence-electron chi connectivity index (χ4n) is 5.43. The van der Waals surface area contributed by atoms with Gasteiger partial charge in [0.2, 0.25) is 11.8 Å². The first-order valence-corrected chi connectivity index (χ1v) is 16.4. The predicted molar refractivity (Wildman–Crippen MR) is 164 cm³/mol. The lowest BCUT2D eigenvalue weighted by molar-refractivity contribution is -0.132. The molecule has 0 aliphatic carbocycles. The Morgan fingerprint density at radius 3 is 2.27 bits per heavy atom. The molecule has 2 amide bonds. The van der Waals surface area contributed by atoms with Crippen molar-refractivity contribution in [1.29, 1.82) is 0 Å². The van der Waals surface area contributed by atoms with Crippen molar-refractivity contribution in [3.05, 3.63) is 78.4 Å². The minimum atomic E-state index is -3.57. The summed E-state index contributed by atoms with van der Waals surface area (Å²) in [7, 11) is -3.57. The zero-order valence-electron chi connectivity index (χ0n) is 24.1. The highest BCUT2D eigenvalue weighted by molar-refractivity contribution is 7.91. The van der Waals surface area contributed by atoms with E-state index < -0.39 is 15.9 Å². The van der Waals surface area contributed by atoms with Crippen LogP contribution >= 0.6 is 0 Å². The largest absolute Gasteiger partial charge is 0.352 e. The Kier molecular flexibility index (Phi) is 10.9. The van der Waals surface area contributed by atoms with Crippen molar-refractivity contribution in [2.24, 2.45) is 11.8 Å². The van der Waals surface area contributed by atoms with Crippen molar-refractivity contribution in [2.45, 2.75) is 69.4 Å². The molecule has 2 atom stereocenters. The molecular weight excluding hydrogens is 534 g/mol. The van der Waals surface area contributed by atoms with Gasteiger partial charge in [-0.2, -0.15) is 0 Å². The number of fused-ring (bicyclic) bond motifs is 1. The van der Waals surface area contributed by atoms with Crippen LogP contribution in [0.2, 0.25) is 0 Å². The monoisotopic (exact) mass is 577 g/mol. The molecule has 0 spiro atoms. The van der Waals surface area contributed by atoms with Crippen LogP contribution in [0.5, 0.6) is 0 Å². The number of sulfone groups is 1. The minimum Gasteiger partial charge on any atom is -0.352 e. The second-order valence-corrected chi connectivity index (χ2v) is 13.7. The molecule has 1 aliphatic rings. The summed E-state index contributed by atoms with van der Waals surface area (Å²) in [6, 6.07) is 21.9. The SMILES string of the molecule is CC(C)CC(NC(=O)C1CCNCC1)C(=O)NC(CCc1ccccc1)CCS(=O)(=O)c1ccc2ccccc2c1. The number of nitrogens with one attached hydrogen (secondary N) is 3. The average molecular weight is 578 g/mol. The van der Waals surface area contributed by atoms with Gasteiger partial charge in [-0.1, -0.05) is 74.5 Å². The van der Waals surface area contributed by atoms with E-state index in [0.29, 0.717) is 19.3 Å². The van der Waals surface area contributed by atoms with Crippen LogP contribution in [-0.2, 0) is 25.8 Å². The maximum Gasteiger partial charge on any atom is 0.242 e. The molecule has 0 radical (unpaired) electrons. The highest BCUT2D eigenvalue weighted by atomic mass is 32.2. The average Bonchev–Trinajstić information content (AvgIpc) is 2.98. The highest BCUT2D eigenvalue weighted by Crippen LogP contribution is 2.21. The second-order valence-electron chi connectivity index (χ2n) is 11.6. The lowest BCUT2D eigenvalue weighted by Crippen LogP contribution is -2.52. The summed E-state index contributed by atoms with van der Waals surface area (Å²) >= 11 is 0. The molecule has 1 heterocycles.